The third-order valence-electron chi connectivity index (χ3n) is 5.72. The van der Waals surface area contributed by atoms with Gasteiger partial charge in [-0.15, -0.1) is 0 Å². The van der Waals surface area contributed by atoms with Crippen molar-refractivity contribution in [3.8, 4) is 5.75 Å². The molecular formula is C23H34N4O5. The van der Waals surface area contributed by atoms with Gasteiger partial charge in [0.25, 0.3) is 0 Å². The van der Waals surface area contributed by atoms with E-state index in [9.17, 15) is 14.4 Å². The maximum Gasteiger partial charge on any atom is 0.234 e. The molecule has 0 aromatic heterocycles. The molecule has 2 N–H and O–H groups in total. The Labute approximate surface area is 189 Å². The second-order valence-corrected chi connectivity index (χ2v) is 8.17. The highest BCUT2D eigenvalue weighted by Gasteiger charge is 2.22. The van der Waals surface area contributed by atoms with Gasteiger partial charge in [0.05, 0.1) is 13.2 Å². The molecule has 9 nitrogen and oxygen atoms in total. The fourth-order valence-electron chi connectivity index (χ4n) is 3.88. The number of nitrogens with zero attached hydrogens (tertiary/aromatic N) is 2. The van der Waals surface area contributed by atoms with Crippen LogP contribution in [0.1, 0.15) is 31.2 Å². The summed E-state index contributed by atoms with van der Waals surface area (Å²) in [5, 5.41) is 5.75. The van der Waals surface area contributed by atoms with Gasteiger partial charge in [-0.2, -0.15) is 0 Å². The van der Waals surface area contributed by atoms with Crippen molar-refractivity contribution in [2.24, 2.45) is 0 Å². The van der Waals surface area contributed by atoms with E-state index in [4.69, 9.17) is 9.47 Å². The lowest BCUT2D eigenvalue weighted by atomic mass is 10.0. The number of ether oxygens (including phenoxy) is 2. The normalized spacial score (nSPS) is 16.3. The lowest BCUT2D eigenvalue weighted by Crippen LogP contribution is -2.51. The molecule has 9 heteroatoms. The van der Waals surface area contributed by atoms with Gasteiger partial charge in [0.2, 0.25) is 17.7 Å². The summed E-state index contributed by atoms with van der Waals surface area (Å²) in [7, 11) is 1.65. The molecule has 176 valence electrons. The van der Waals surface area contributed by atoms with Gasteiger partial charge in [-0.3, -0.25) is 19.3 Å². The quantitative estimate of drug-likeness (QED) is 0.493. The molecule has 1 aromatic carbocycles. The fourth-order valence-corrected chi connectivity index (χ4v) is 3.88. The molecular weight excluding hydrogens is 412 g/mol. The monoisotopic (exact) mass is 446 g/mol. The van der Waals surface area contributed by atoms with Gasteiger partial charge < -0.3 is 25.0 Å². The molecule has 2 heterocycles. The van der Waals surface area contributed by atoms with E-state index in [1.807, 2.05) is 23.1 Å². The number of amides is 3. The molecule has 0 unspecified atom stereocenters. The van der Waals surface area contributed by atoms with Crippen LogP contribution in [-0.2, 0) is 25.5 Å². The van der Waals surface area contributed by atoms with Crippen molar-refractivity contribution in [1.82, 2.24) is 15.1 Å². The number of hydrogen-bond donors (Lipinski definition) is 2. The average Bonchev–Trinajstić information content (AvgIpc) is 2.80. The first-order valence-corrected chi connectivity index (χ1v) is 11.4. The minimum Gasteiger partial charge on any atom is -0.494 e. The molecule has 3 rings (SSSR count). The van der Waals surface area contributed by atoms with Crippen LogP contribution in [-0.4, -0.2) is 87.1 Å². The Kier molecular flexibility index (Phi) is 9.30. The lowest BCUT2D eigenvalue weighted by Gasteiger charge is -2.34. The van der Waals surface area contributed by atoms with Gasteiger partial charge in [0.1, 0.15) is 5.75 Å². The summed E-state index contributed by atoms with van der Waals surface area (Å²) in [4.78, 5) is 39.8. The number of benzene rings is 1. The Morgan fingerprint density at radius 2 is 1.91 bits per heavy atom. The molecule has 2 aliphatic heterocycles. The third kappa shape index (κ3) is 7.49. The van der Waals surface area contributed by atoms with Crippen LogP contribution in [0.2, 0.25) is 0 Å². The van der Waals surface area contributed by atoms with E-state index in [2.05, 4.69) is 15.5 Å². The van der Waals surface area contributed by atoms with Crippen molar-refractivity contribution in [1.29, 1.82) is 0 Å². The number of piperazine rings is 1. The minimum absolute atomic E-state index is 0.0163. The molecule has 0 atom stereocenters. The fraction of sp³-hybridized carbons (Fsp3) is 0.609. The highest BCUT2D eigenvalue weighted by atomic mass is 16.5. The molecule has 0 bridgehead atoms. The second kappa shape index (κ2) is 12.4. The number of hydrogen-bond acceptors (Lipinski definition) is 6. The topological polar surface area (TPSA) is 100 Å². The van der Waals surface area contributed by atoms with Crippen LogP contribution in [0, 0.1) is 0 Å². The molecule has 0 saturated carbocycles. The maximum atomic E-state index is 12.5. The van der Waals surface area contributed by atoms with Gasteiger partial charge >= 0.3 is 0 Å². The number of carbonyl (C=O) groups excluding carboxylic acids is 3. The van der Waals surface area contributed by atoms with Crippen molar-refractivity contribution >= 4 is 23.4 Å². The maximum absolute atomic E-state index is 12.5. The van der Waals surface area contributed by atoms with Crippen LogP contribution >= 0.6 is 0 Å². The molecule has 3 amide bonds. The van der Waals surface area contributed by atoms with Crippen LogP contribution in [0.3, 0.4) is 0 Å². The summed E-state index contributed by atoms with van der Waals surface area (Å²) in [5.74, 6) is 0.959. The van der Waals surface area contributed by atoms with Crippen LogP contribution in [0.15, 0.2) is 18.2 Å². The second-order valence-electron chi connectivity index (χ2n) is 8.17. The molecule has 2 aliphatic rings. The predicted molar refractivity (Wildman–Crippen MR) is 121 cm³/mol. The van der Waals surface area contributed by atoms with Crippen LogP contribution in [0.25, 0.3) is 0 Å². The Balaban J connectivity index is 1.28. The molecule has 1 aromatic rings. The van der Waals surface area contributed by atoms with Crippen molar-refractivity contribution in [3.63, 3.8) is 0 Å². The van der Waals surface area contributed by atoms with Crippen LogP contribution in [0.5, 0.6) is 5.75 Å². The summed E-state index contributed by atoms with van der Waals surface area (Å²) < 4.78 is 10.8. The zero-order valence-corrected chi connectivity index (χ0v) is 18.9. The highest BCUT2D eigenvalue weighted by Crippen LogP contribution is 2.26. The van der Waals surface area contributed by atoms with Crippen molar-refractivity contribution < 1.29 is 23.9 Å². The highest BCUT2D eigenvalue weighted by molar-refractivity contribution is 5.94. The van der Waals surface area contributed by atoms with Gasteiger partial charge in [-0.25, -0.2) is 0 Å². The predicted octanol–water partition coefficient (Wildman–Crippen LogP) is 1.03. The SMILES string of the molecule is COCCCNC(=O)CN1CCN(C(=O)CCCOc2ccc3c(c2)CCC(=O)N3)CC1. The van der Waals surface area contributed by atoms with Gasteiger partial charge in [0.15, 0.2) is 0 Å². The third-order valence-corrected chi connectivity index (χ3v) is 5.72. The van der Waals surface area contributed by atoms with Crippen molar-refractivity contribution in [2.45, 2.75) is 32.1 Å². The number of fused-ring (bicyclic) bond motifs is 1. The van der Waals surface area contributed by atoms with Gasteiger partial charge in [-0.1, -0.05) is 0 Å². The molecule has 1 saturated heterocycles. The van der Waals surface area contributed by atoms with E-state index in [1.54, 1.807) is 7.11 Å². The Morgan fingerprint density at radius 1 is 1.09 bits per heavy atom. The van der Waals surface area contributed by atoms with Crippen molar-refractivity contribution in [2.75, 3.05) is 64.9 Å². The summed E-state index contributed by atoms with van der Waals surface area (Å²) in [5.41, 5.74) is 1.94. The average molecular weight is 447 g/mol. The summed E-state index contributed by atoms with van der Waals surface area (Å²) in [6.07, 6.45) is 3.12. The number of carbonyl (C=O) groups is 3. The van der Waals surface area contributed by atoms with E-state index in [0.717, 1.165) is 29.8 Å². The molecule has 1 fully saturated rings. The Bertz CT molecular complexity index is 793. The molecule has 0 radical (unpaired) electrons. The van der Waals surface area contributed by atoms with Gasteiger partial charge in [0, 0.05) is 65.0 Å². The Morgan fingerprint density at radius 3 is 2.69 bits per heavy atom. The summed E-state index contributed by atoms with van der Waals surface area (Å²) in [6, 6.07) is 5.68. The largest absolute Gasteiger partial charge is 0.494 e. The van der Waals surface area contributed by atoms with E-state index >= 15 is 0 Å². The Hall–Kier alpha value is -2.65. The number of aryl methyl sites for hydroxylation is 1. The van der Waals surface area contributed by atoms with Gasteiger partial charge in [-0.05, 0) is 43.0 Å². The number of nitrogens with one attached hydrogen (secondary N) is 2. The summed E-state index contributed by atoms with van der Waals surface area (Å²) in [6.45, 7) is 4.81. The molecule has 0 aliphatic carbocycles. The van der Waals surface area contributed by atoms with E-state index in [0.29, 0.717) is 71.7 Å². The molecule has 32 heavy (non-hydrogen) atoms. The lowest BCUT2D eigenvalue weighted by molar-refractivity contribution is -0.133. The first-order valence-electron chi connectivity index (χ1n) is 11.4. The van der Waals surface area contributed by atoms with Crippen molar-refractivity contribution in [3.05, 3.63) is 23.8 Å². The molecule has 0 spiro atoms. The van der Waals surface area contributed by atoms with E-state index in [1.165, 1.54) is 0 Å². The number of rotatable bonds is 11. The van der Waals surface area contributed by atoms with Crippen LogP contribution in [0.4, 0.5) is 5.69 Å². The zero-order valence-electron chi connectivity index (χ0n) is 18.9. The first-order chi connectivity index (χ1) is 15.5. The number of anilines is 1. The van der Waals surface area contributed by atoms with E-state index in [-0.39, 0.29) is 17.7 Å². The smallest absolute Gasteiger partial charge is 0.234 e. The number of methoxy groups -OCH3 is 1. The zero-order chi connectivity index (χ0) is 22.8. The summed E-state index contributed by atoms with van der Waals surface area (Å²) >= 11 is 0. The first kappa shape index (κ1) is 24.0. The van der Waals surface area contributed by atoms with E-state index < -0.39 is 0 Å². The van der Waals surface area contributed by atoms with Crippen LogP contribution < -0.4 is 15.4 Å². The standard InChI is InChI=1S/C23H34N4O5/c1-31-14-3-9-24-22(29)17-26-10-12-27(13-11-26)23(30)4-2-15-32-19-6-7-20-18(16-19)5-8-21(28)25-20/h6-7,16H,2-5,8-15,17H2,1H3,(H,24,29)(H,25,28). The minimum atomic E-state index is 0.0163.